The smallest absolute Gasteiger partial charge is 0.229 e. The second-order valence-electron chi connectivity index (χ2n) is 10.8. The summed E-state index contributed by atoms with van der Waals surface area (Å²) in [6.07, 6.45) is 5.99. The van der Waals surface area contributed by atoms with Crippen LogP contribution in [0.4, 0.5) is 5.82 Å². The summed E-state index contributed by atoms with van der Waals surface area (Å²) in [4.78, 5) is 19.6. The quantitative estimate of drug-likeness (QED) is 0.545. The number of hydrogen-bond donors (Lipinski definition) is 2. The first-order valence-electron chi connectivity index (χ1n) is 12.7. The van der Waals surface area contributed by atoms with Gasteiger partial charge in [-0.3, -0.25) is 14.4 Å². The van der Waals surface area contributed by atoms with Crippen LogP contribution in [0.5, 0.6) is 0 Å². The van der Waals surface area contributed by atoms with Gasteiger partial charge >= 0.3 is 0 Å². The van der Waals surface area contributed by atoms with E-state index < -0.39 is 6.10 Å². The first-order valence-corrected chi connectivity index (χ1v) is 13.1. The fourth-order valence-electron chi connectivity index (χ4n) is 5.88. The molecule has 6 rings (SSSR count). The molecule has 1 aromatic carbocycles. The number of benzene rings is 1. The number of aryl methyl sites for hydroxylation is 1. The van der Waals surface area contributed by atoms with Gasteiger partial charge in [0.15, 0.2) is 0 Å². The maximum absolute atomic E-state index is 12.8. The number of piperidine rings is 1. The summed E-state index contributed by atoms with van der Waals surface area (Å²) < 4.78 is 7.31. The summed E-state index contributed by atoms with van der Waals surface area (Å²) in [5.41, 5.74) is 1.80. The van der Waals surface area contributed by atoms with E-state index in [0.29, 0.717) is 24.9 Å². The van der Waals surface area contributed by atoms with Crippen LogP contribution >= 0.6 is 11.6 Å². The minimum atomic E-state index is -0.450. The Labute approximate surface area is 215 Å². The number of aromatic nitrogens is 3. The zero-order valence-electron chi connectivity index (χ0n) is 20.7. The number of fused-ring (bicyclic) bond motifs is 1. The Balaban J connectivity index is 1.15. The van der Waals surface area contributed by atoms with Gasteiger partial charge in [0.1, 0.15) is 5.82 Å². The fraction of sp³-hybridized carbons (Fsp3) is 0.519. The molecule has 1 aliphatic carbocycles. The van der Waals surface area contributed by atoms with Gasteiger partial charge < -0.3 is 15.2 Å². The molecule has 36 heavy (non-hydrogen) atoms. The zero-order chi connectivity index (χ0) is 25.0. The van der Waals surface area contributed by atoms with Crippen molar-refractivity contribution in [2.45, 2.75) is 49.7 Å². The van der Waals surface area contributed by atoms with Crippen LogP contribution in [0.2, 0.25) is 5.02 Å². The molecule has 2 aromatic heterocycles. The first kappa shape index (κ1) is 23.9. The van der Waals surface area contributed by atoms with Crippen molar-refractivity contribution in [3.05, 3.63) is 52.9 Å². The molecule has 1 saturated carbocycles. The zero-order valence-corrected chi connectivity index (χ0v) is 21.4. The number of aliphatic hydroxyl groups excluding tert-OH is 1. The Kier molecular flexibility index (Phi) is 6.03. The van der Waals surface area contributed by atoms with Crippen LogP contribution in [0.1, 0.15) is 49.3 Å². The van der Waals surface area contributed by atoms with E-state index >= 15 is 0 Å². The predicted molar refractivity (Wildman–Crippen MR) is 138 cm³/mol. The largest absolute Gasteiger partial charge is 0.389 e. The van der Waals surface area contributed by atoms with Crippen molar-refractivity contribution in [1.82, 2.24) is 19.7 Å². The van der Waals surface area contributed by atoms with Crippen molar-refractivity contribution in [3.8, 4) is 0 Å². The third-order valence-electron chi connectivity index (χ3n) is 8.37. The molecule has 8 nitrogen and oxygen atoms in total. The molecule has 3 aromatic rings. The molecule has 2 aliphatic heterocycles. The van der Waals surface area contributed by atoms with Gasteiger partial charge in [-0.25, -0.2) is 4.98 Å². The number of aliphatic hydroxyl groups is 1. The number of nitrogens with one attached hydrogen (secondary N) is 1. The summed E-state index contributed by atoms with van der Waals surface area (Å²) >= 11 is 6.72. The Morgan fingerprint density at radius 2 is 2.06 bits per heavy atom. The minimum Gasteiger partial charge on any atom is -0.389 e. The number of halogens is 1. The molecule has 4 atom stereocenters. The maximum Gasteiger partial charge on any atom is 0.229 e. The van der Waals surface area contributed by atoms with E-state index in [-0.39, 0.29) is 23.3 Å². The molecule has 3 fully saturated rings. The SMILES string of the molecule is Cn1ccc([C@@H]2C[C@H]2C(=O)Nc2cc3cc(C4CCN([C@]5(C)COC[C@@H]5O)CC4)c(Cl)cc3cn2)n1. The van der Waals surface area contributed by atoms with E-state index in [1.165, 1.54) is 0 Å². The third-order valence-corrected chi connectivity index (χ3v) is 8.70. The molecule has 0 radical (unpaired) electrons. The Bertz CT molecular complexity index is 1300. The highest BCUT2D eigenvalue weighted by atomic mass is 35.5. The highest BCUT2D eigenvalue weighted by molar-refractivity contribution is 6.32. The lowest BCUT2D eigenvalue weighted by Crippen LogP contribution is -2.56. The van der Waals surface area contributed by atoms with Crippen LogP contribution in [-0.2, 0) is 16.6 Å². The number of nitrogens with zero attached hydrogens (tertiary/aromatic N) is 4. The molecular formula is C27H32ClN5O3. The first-order chi connectivity index (χ1) is 17.3. The van der Waals surface area contributed by atoms with E-state index in [4.69, 9.17) is 16.3 Å². The number of carbonyl (C=O) groups excluding carboxylic acids is 1. The predicted octanol–water partition coefficient (Wildman–Crippen LogP) is 3.69. The van der Waals surface area contributed by atoms with Gasteiger partial charge in [-0.15, -0.1) is 0 Å². The van der Waals surface area contributed by atoms with Gasteiger partial charge in [0.2, 0.25) is 5.91 Å². The molecule has 4 heterocycles. The molecule has 0 unspecified atom stereocenters. The van der Waals surface area contributed by atoms with Crippen LogP contribution in [0.3, 0.4) is 0 Å². The average molecular weight is 510 g/mol. The second kappa shape index (κ2) is 9.10. The highest BCUT2D eigenvalue weighted by Crippen LogP contribution is 2.47. The van der Waals surface area contributed by atoms with Crippen molar-refractivity contribution in [1.29, 1.82) is 0 Å². The number of rotatable bonds is 5. The summed E-state index contributed by atoms with van der Waals surface area (Å²) in [5, 5.41) is 20.6. The summed E-state index contributed by atoms with van der Waals surface area (Å²) in [7, 11) is 1.89. The molecule has 190 valence electrons. The van der Waals surface area contributed by atoms with E-state index in [1.807, 2.05) is 31.4 Å². The normalized spacial score (nSPS) is 29.1. The van der Waals surface area contributed by atoms with Crippen molar-refractivity contribution >= 4 is 34.1 Å². The number of ether oxygens (including phenoxy) is 1. The number of anilines is 1. The Morgan fingerprint density at radius 1 is 1.25 bits per heavy atom. The van der Waals surface area contributed by atoms with E-state index in [9.17, 15) is 9.90 Å². The monoisotopic (exact) mass is 509 g/mol. The fourth-order valence-corrected chi connectivity index (χ4v) is 6.21. The van der Waals surface area contributed by atoms with Crippen molar-refractivity contribution < 1.29 is 14.6 Å². The average Bonchev–Trinajstić information content (AvgIpc) is 3.44. The van der Waals surface area contributed by atoms with E-state index in [2.05, 4.69) is 33.3 Å². The standard InChI is InChI=1S/C27H32ClN5O3/c1-27(15-36-14-24(27)34)33-7-3-16(4-8-33)19-9-17-11-25(29-13-18(17)10-22(19)28)30-26(35)21-12-20(21)23-5-6-32(2)31-23/h5-6,9-11,13,16,20-21,24,34H,3-4,7-8,12,14-15H2,1-2H3,(H,29,30,35)/t20-,21-,24+,27-/m1/s1. The number of likely N-dealkylation sites (tertiary alicyclic amines) is 1. The summed E-state index contributed by atoms with van der Waals surface area (Å²) in [6.45, 7) is 4.86. The highest BCUT2D eigenvalue weighted by Gasteiger charge is 2.46. The van der Waals surface area contributed by atoms with Crippen LogP contribution in [-0.4, -0.2) is 68.6 Å². The van der Waals surface area contributed by atoms with Gasteiger partial charge in [0.05, 0.1) is 30.6 Å². The second-order valence-corrected chi connectivity index (χ2v) is 11.2. The van der Waals surface area contributed by atoms with Crippen LogP contribution in [0.15, 0.2) is 36.7 Å². The van der Waals surface area contributed by atoms with Gasteiger partial charge in [0, 0.05) is 41.7 Å². The molecule has 3 aliphatic rings. The molecule has 2 saturated heterocycles. The lowest BCUT2D eigenvalue weighted by molar-refractivity contribution is -0.117. The molecule has 9 heteroatoms. The topological polar surface area (TPSA) is 92.5 Å². The van der Waals surface area contributed by atoms with Crippen LogP contribution in [0, 0.1) is 5.92 Å². The van der Waals surface area contributed by atoms with E-state index in [0.717, 1.165) is 59.4 Å². The van der Waals surface area contributed by atoms with Crippen LogP contribution < -0.4 is 5.32 Å². The number of hydrogen-bond acceptors (Lipinski definition) is 6. The van der Waals surface area contributed by atoms with E-state index in [1.54, 1.807) is 10.9 Å². The number of carbonyl (C=O) groups is 1. The minimum absolute atomic E-state index is 0.00867. The van der Waals surface area contributed by atoms with Crippen molar-refractivity contribution in [3.63, 3.8) is 0 Å². The third kappa shape index (κ3) is 4.30. The lowest BCUT2D eigenvalue weighted by Gasteiger charge is -2.43. The molecule has 2 N–H and O–H groups in total. The van der Waals surface area contributed by atoms with Crippen molar-refractivity contribution in [2.24, 2.45) is 13.0 Å². The Morgan fingerprint density at radius 3 is 2.75 bits per heavy atom. The van der Waals surface area contributed by atoms with Crippen molar-refractivity contribution in [2.75, 3.05) is 31.6 Å². The molecule has 1 amide bonds. The summed E-state index contributed by atoms with van der Waals surface area (Å²) in [5.74, 6) is 1.02. The molecule has 0 spiro atoms. The molecule has 0 bridgehead atoms. The van der Waals surface area contributed by atoms with Gasteiger partial charge in [-0.05, 0) is 80.4 Å². The van der Waals surface area contributed by atoms with Gasteiger partial charge in [0.25, 0.3) is 0 Å². The maximum atomic E-state index is 12.8. The Hall–Kier alpha value is -2.52. The van der Waals surface area contributed by atoms with Gasteiger partial charge in [-0.2, -0.15) is 5.10 Å². The van der Waals surface area contributed by atoms with Crippen LogP contribution in [0.25, 0.3) is 10.8 Å². The number of amides is 1. The summed E-state index contributed by atoms with van der Waals surface area (Å²) in [6, 6.07) is 8.04. The van der Waals surface area contributed by atoms with Gasteiger partial charge in [-0.1, -0.05) is 11.6 Å². The molecular weight excluding hydrogens is 478 g/mol. The lowest BCUT2D eigenvalue weighted by atomic mass is 9.85. The number of pyridine rings is 1.